The van der Waals surface area contributed by atoms with Gasteiger partial charge < -0.3 is 5.73 Å². The molecule has 0 bridgehead atoms. The first-order valence-corrected chi connectivity index (χ1v) is 4.19. The monoisotopic (exact) mass is 181 g/mol. The maximum Gasteiger partial charge on any atom is 0.234 e. The van der Waals surface area contributed by atoms with E-state index in [1.165, 1.54) is 11.3 Å². The first kappa shape index (κ1) is 7.23. The van der Waals surface area contributed by atoms with E-state index >= 15 is 0 Å². The third kappa shape index (κ3) is 1.06. The minimum atomic E-state index is 0.458. The Morgan fingerprint density at radius 2 is 2.33 bits per heavy atom. The van der Waals surface area contributed by atoms with Crippen LogP contribution in [0.4, 0.5) is 5.13 Å². The predicted molar refractivity (Wildman–Crippen MR) is 46.2 cm³/mol. The predicted octanol–water partition coefficient (Wildman–Crippen LogP) is 0.614. The fourth-order valence-corrected chi connectivity index (χ4v) is 1.51. The van der Waals surface area contributed by atoms with Crippen molar-refractivity contribution in [1.29, 1.82) is 0 Å². The van der Waals surface area contributed by atoms with Crippen molar-refractivity contribution >= 4 is 16.5 Å². The number of nitrogens with zero attached hydrogens (tertiary/aromatic N) is 4. The standard InChI is InChI=1S/C6H7N5S/c1-4-2-3-8-11(4)6-10-9-5(7)12-6/h2-3H,1H3,(H2,7,9). The molecular weight excluding hydrogens is 174 g/mol. The van der Waals surface area contributed by atoms with Crippen LogP contribution in [0.15, 0.2) is 12.3 Å². The maximum atomic E-state index is 5.44. The SMILES string of the molecule is Cc1ccnn1-c1nnc(N)s1. The molecule has 2 N–H and O–H groups in total. The second kappa shape index (κ2) is 2.56. The topological polar surface area (TPSA) is 69.6 Å². The van der Waals surface area contributed by atoms with E-state index in [9.17, 15) is 0 Å². The van der Waals surface area contributed by atoms with Crippen molar-refractivity contribution in [3.05, 3.63) is 18.0 Å². The Balaban J connectivity index is 2.50. The molecule has 5 nitrogen and oxygen atoms in total. The van der Waals surface area contributed by atoms with Crippen LogP contribution in [0.5, 0.6) is 0 Å². The Kier molecular flexibility index (Phi) is 1.54. The molecule has 12 heavy (non-hydrogen) atoms. The molecule has 0 spiro atoms. The molecule has 0 saturated heterocycles. The van der Waals surface area contributed by atoms with Crippen molar-refractivity contribution in [2.24, 2.45) is 0 Å². The first-order chi connectivity index (χ1) is 5.77. The van der Waals surface area contributed by atoms with Crippen LogP contribution < -0.4 is 5.73 Å². The van der Waals surface area contributed by atoms with Crippen LogP contribution in [-0.2, 0) is 0 Å². The van der Waals surface area contributed by atoms with Crippen molar-refractivity contribution in [3.63, 3.8) is 0 Å². The highest BCUT2D eigenvalue weighted by molar-refractivity contribution is 7.17. The van der Waals surface area contributed by atoms with Gasteiger partial charge in [-0.2, -0.15) is 5.10 Å². The van der Waals surface area contributed by atoms with Crippen LogP contribution in [0.25, 0.3) is 5.13 Å². The van der Waals surface area contributed by atoms with Gasteiger partial charge in [-0.3, -0.25) is 0 Å². The fraction of sp³-hybridized carbons (Fsp3) is 0.167. The van der Waals surface area contributed by atoms with Crippen LogP contribution in [0.3, 0.4) is 0 Å². The molecule has 0 fully saturated rings. The normalized spacial score (nSPS) is 10.4. The number of nitrogens with two attached hydrogens (primary N) is 1. The Bertz CT molecular complexity index is 390. The quantitative estimate of drug-likeness (QED) is 0.700. The zero-order valence-electron chi connectivity index (χ0n) is 6.43. The van der Waals surface area contributed by atoms with Gasteiger partial charge in [0.25, 0.3) is 0 Å². The van der Waals surface area contributed by atoms with Crippen LogP contribution in [0.1, 0.15) is 5.69 Å². The first-order valence-electron chi connectivity index (χ1n) is 3.37. The fourth-order valence-electron chi connectivity index (χ4n) is 0.882. The summed E-state index contributed by atoms with van der Waals surface area (Å²) in [5, 5.41) is 12.8. The molecule has 0 amide bonds. The summed E-state index contributed by atoms with van der Waals surface area (Å²) in [5.41, 5.74) is 6.46. The van der Waals surface area contributed by atoms with Crippen LogP contribution in [-0.4, -0.2) is 20.0 Å². The third-order valence-electron chi connectivity index (χ3n) is 1.44. The average Bonchev–Trinajstić information content (AvgIpc) is 2.58. The van der Waals surface area contributed by atoms with Crippen LogP contribution >= 0.6 is 11.3 Å². The second-order valence-electron chi connectivity index (χ2n) is 2.31. The van der Waals surface area contributed by atoms with Gasteiger partial charge in [-0.15, -0.1) is 10.2 Å². The van der Waals surface area contributed by atoms with E-state index in [0.717, 1.165) is 5.69 Å². The molecule has 2 rings (SSSR count). The van der Waals surface area contributed by atoms with E-state index in [1.54, 1.807) is 10.9 Å². The van der Waals surface area contributed by atoms with Gasteiger partial charge in [0.2, 0.25) is 10.3 Å². The number of aromatic nitrogens is 4. The number of anilines is 1. The van der Waals surface area contributed by atoms with Gasteiger partial charge in [-0.25, -0.2) is 4.68 Å². The Labute approximate surface area is 72.8 Å². The summed E-state index contributed by atoms with van der Waals surface area (Å²) in [6.07, 6.45) is 1.72. The van der Waals surface area contributed by atoms with E-state index in [4.69, 9.17) is 5.73 Å². The molecule has 62 valence electrons. The van der Waals surface area contributed by atoms with Crippen molar-refractivity contribution in [2.45, 2.75) is 6.92 Å². The third-order valence-corrected chi connectivity index (χ3v) is 2.17. The van der Waals surface area contributed by atoms with Crippen LogP contribution in [0.2, 0.25) is 0 Å². The summed E-state index contributed by atoms with van der Waals surface area (Å²) in [6.45, 7) is 1.95. The molecule has 0 aliphatic heterocycles. The number of hydrogen-bond donors (Lipinski definition) is 1. The van der Waals surface area contributed by atoms with Gasteiger partial charge in [0, 0.05) is 11.9 Å². The second-order valence-corrected chi connectivity index (χ2v) is 3.29. The van der Waals surface area contributed by atoms with Gasteiger partial charge in [0.15, 0.2) is 0 Å². The lowest BCUT2D eigenvalue weighted by Crippen LogP contribution is -1.97. The van der Waals surface area contributed by atoms with E-state index in [1.807, 2.05) is 13.0 Å². The van der Waals surface area contributed by atoms with E-state index in [2.05, 4.69) is 15.3 Å². The maximum absolute atomic E-state index is 5.44. The zero-order chi connectivity index (χ0) is 8.55. The highest BCUT2D eigenvalue weighted by Crippen LogP contribution is 2.16. The highest BCUT2D eigenvalue weighted by atomic mass is 32.1. The summed E-state index contributed by atoms with van der Waals surface area (Å²) in [5.74, 6) is 0. The molecule has 2 aromatic rings. The minimum absolute atomic E-state index is 0.458. The zero-order valence-corrected chi connectivity index (χ0v) is 7.25. The molecule has 0 radical (unpaired) electrons. The number of nitrogen functional groups attached to an aromatic ring is 1. The molecule has 2 heterocycles. The lowest BCUT2D eigenvalue weighted by Gasteiger charge is -1.94. The Morgan fingerprint density at radius 1 is 1.50 bits per heavy atom. The summed E-state index contributed by atoms with van der Waals surface area (Å²) < 4.78 is 1.70. The van der Waals surface area contributed by atoms with Gasteiger partial charge in [-0.1, -0.05) is 11.3 Å². The lowest BCUT2D eigenvalue weighted by molar-refractivity contribution is 0.820. The molecule has 6 heteroatoms. The molecule has 2 aromatic heterocycles. The largest absolute Gasteiger partial charge is 0.374 e. The van der Waals surface area contributed by atoms with E-state index < -0.39 is 0 Å². The molecule has 0 saturated carbocycles. The minimum Gasteiger partial charge on any atom is -0.374 e. The van der Waals surface area contributed by atoms with Gasteiger partial charge in [-0.05, 0) is 13.0 Å². The number of aryl methyl sites for hydroxylation is 1. The van der Waals surface area contributed by atoms with Crippen LogP contribution in [0, 0.1) is 6.92 Å². The number of rotatable bonds is 1. The molecule has 0 aliphatic rings. The molecule has 0 aliphatic carbocycles. The molecule has 0 unspecified atom stereocenters. The lowest BCUT2D eigenvalue weighted by atomic mass is 10.5. The molecule has 0 atom stereocenters. The van der Waals surface area contributed by atoms with Crippen molar-refractivity contribution in [2.75, 3.05) is 5.73 Å². The summed E-state index contributed by atoms with van der Waals surface area (Å²) >= 11 is 1.32. The smallest absolute Gasteiger partial charge is 0.234 e. The molecule has 0 aromatic carbocycles. The highest BCUT2D eigenvalue weighted by Gasteiger charge is 2.05. The number of hydrogen-bond acceptors (Lipinski definition) is 5. The van der Waals surface area contributed by atoms with Gasteiger partial charge in [0.1, 0.15) is 0 Å². The van der Waals surface area contributed by atoms with E-state index in [-0.39, 0.29) is 0 Å². The van der Waals surface area contributed by atoms with E-state index in [0.29, 0.717) is 10.3 Å². The van der Waals surface area contributed by atoms with Gasteiger partial charge in [0.05, 0.1) is 0 Å². The Hall–Kier alpha value is -1.43. The summed E-state index contributed by atoms with van der Waals surface area (Å²) in [7, 11) is 0. The van der Waals surface area contributed by atoms with Crippen molar-refractivity contribution in [3.8, 4) is 5.13 Å². The Morgan fingerprint density at radius 3 is 2.83 bits per heavy atom. The summed E-state index contributed by atoms with van der Waals surface area (Å²) in [6, 6.07) is 1.90. The van der Waals surface area contributed by atoms with Crippen molar-refractivity contribution < 1.29 is 0 Å². The summed E-state index contributed by atoms with van der Waals surface area (Å²) in [4.78, 5) is 0. The average molecular weight is 181 g/mol. The molecular formula is C6H7N5S. The van der Waals surface area contributed by atoms with Gasteiger partial charge >= 0.3 is 0 Å². The van der Waals surface area contributed by atoms with Crippen molar-refractivity contribution in [1.82, 2.24) is 20.0 Å².